The summed E-state index contributed by atoms with van der Waals surface area (Å²) in [5.41, 5.74) is 0.00195. The van der Waals surface area contributed by atoms with Gasteiger partial charge < -0.3 is 19.3 Å². The first-order chi connectivity index (χ1) is 14.8. The molecule has 1 unspecified atom stereocenters. The molecule has 2 aromatic rings. The standard InChI is InChI=1S/C20H25N3O7S/c1-4-15(19(24)21-18-11-13(2)30-22-18)29-20(25)14-7-8-16(28-3)17(12-14)31(26,27)23-9-5-6-10-23/h7-8,11-12,15H,4-6,9-10H2,1-3H3,(H,21,22,24). The Kier molecular flexibility index (Phi) is 6.96. The van der Waals surface area contributed by atoms with Gasteiger partial charge in [-0.05, 0) is 44.4 Å². The number of esters is 1. The molecule has 10 nitrogen and oxygen atoms in total. The van der Waals surface area contributed by atoms with Crippen molar-refractivity contribution in [2.45, 2.75) is 44.1 Å². The molecule has 1 fully saturated rings. The fourth-order valence-corrected chi connectivity index (χ4v) is 4.92. The average molecular weight is 452 g/mol. The van der Waals surface area contributed by atoms with Crippen LogP contribution in [-0.2, 0) is 19.6 Å². The van der Waals surface area contributed by atoms with E-state index in [-0.39, 0.29) is 28.4 Å². The summed E-state index contributed by atoms with van der Waals surface area (Å²) in [6, 6.07) is 5.56. The van der Waals surface area contributed by atoms with Crippen LogP contribution in [0.2, 0.25) is 0 Å². The lowest BCUT2D eigenvalue weighted by molar-refractivity contribution is -0.124. The van der Waals surface area contributed by atoms with Crippen molar-refractivity contribution >= 4 is 27.7 Å². The number of hydrogen-bond acceptors (Lipinski definition) is 8. The Morgan fingerprint density at radius 2 is 1.97 bits per heavy atom. The highest BCUT2D eigenvalue weighted by Crippen LogP contribution is 2.30. The first kappa shape index (κ1) is 22.8. The van der Waals surface area contributed by atoms with Gasteiger partial charge in [0.1, 0.15) is 16.4 Å². The number of benzene rings is 1. The van der Waals surface area contributed by atoms with Crippen molar-refractivity contribution in [2.75, 3.05) is 25.5 Å². The van der Waals surface area contributed by atoms with E-state index in [2.05, 4.69) is 10.5 Å². The summed E-state index contributed by atoms with van der Waals surface area (Å²) in [7, 11) is -2.46. The maximum atomic E-state index is 13.0. The maximum absolute atomic E-state index is 13.0. The minimum absolute atomic E-state index is 0.00195. The molecule has 1 N–H and O–H groups in total. The zero-order chi connectivity index (χ0) is 22.6. The minimum Gasteiger partial charge on any atom is -0.495 e. The van der Waals surface area contributed by atoms with Gasteiger partial charge in [-0.15, -0.1) is 0 Å². The summed E-state index contributed by atoms with van der Waals surface area (Å²) < 4.78 is 42.8. The van der Waals surface area contributed by atoms with Gasteiger partial charge in [0.15, 0.2) is 11.9 Å². The normalized spacial score (nSPS) is 15.5. The van der Waals surface area contributed by atoms with Gasteiger partial charge in [0, 0.05) is 19.2 Å². The van der Waals surface area contributed by atoms with E-state index >= 15 is 0 Å². The van der Waals surface area contributed by atoms with E-state index in [0.717, 1.165) is 12.8 Å². The number of methoxy groups -OCH3 is 1. The second-order valence-corrected chi connectivity index (χ2v) is 9.00. The summed E-state index contributed by atoms with van der Waals surface area (Å²) in [6.07, 6.45) is 0.678. The average Bonchev–Trinajstić information content (AvgIpc) is 3.43. The molecule has 31 heavy (non-hydrogen) atoms. The van der Waals surface area contributed by atoms with E-state index < -0.39 is 28.0 Å². The molecule has 2 heterocycles. The number of nitrogens with zero attached hydrogens (tertiary/aromatic N) is 2. The van der Waals surface area contributed by atoms with Crippen molar-refractivity contribution in [3.8, 4) is 5.75 Å². The van der Waals surface area contributed by atoms with Gasteiger partial charge in [-0.2, -0.15) is 4.31 Å². The van der Waals surface area contributed by atoms with Gasteiger partial charge >= 0.3 is 5.97 Å². The third kappa shape index (κ3) is 5.05. The first-order valence-corrected chi connectivity index (χ1v) is 11.3. The third-order valence-electron chi connectivity index (χ3n) is 4.87. The number of hydrogen-bond donors (Lipinski definition) is 1. The Bertz CT molecular complexity index is 1060. The van der Waals surface area contributed by atoms with Gasteiger partial charge in [0.25, 0.3) is 5.91 Å². The molecule has 3 rings (SSSR count). The zero-order valence-electron chi connectivity index (χ0n) is 17.6. The topological polar surface area (TPSA) is 128 Å². The van der Waals surface area contributed by atoms with E-state index in [9.17, 15) is 18.0 Å². The molecule has 1 saturated heterocycles. The number of anilines is 1. The van der Waals surface area contributed by atoms with Crippen LogP contribution in [0.15, 0.2) is 33.7 Å². The van der Waals surface area contributed by atoms with Crippen LogP contribution in [-0.4, -0.2) is 56.1 Å². The van der Waals surface area contributed by atoms with Crippen LogP contribution in [0.4, 0.5) is 5.82 Å². The molecule has 0 saturated carbocycles. The lowest BCUT2D eigenvalue weighted by atomic mass is 10.2. The summed E-state index contributed by atoms with van der Waals surface area (Å²) in [4.78, 5) is 25.0. The number of nitrogens with one attached hydrogen (secondary N) is 1. The van der Waals surface area contributed by atoms with Crippen LogP contribution in [0.25, 0.3) is 0 Å². The van der Waals surface area contributed by atoms with E-state index in [1.165, 1.54) is 35.7 Å². The van der Waals surface area contributed by atoms with E-state index in [1.54, 1.807) is 13.8 Å². The zero-order valence-corrected chi connectivity index (χ0v) is 18.4. The fraction of sp³-hybridized carbons (Fsp3) is 0.450. The van der Waals surface area contributed by atoms with Crippen LogP contribution < -0.4 is 10.1 Å². The summed E-state index contributed by atoms with van der Waals surface area (Å²) >= 11 is 0. The Morgan fingerprint density at radius 1 is 1.26 bits per heavy atom. The largest absolute Gasteiger partial charge is 0.495 e. The van der Waals surface area contributed by atoms with Crippen molar-refractivity contribution in [2.24, 2.45) is 0 Å². The predicted molar refractivity (Wildman–Crippen MR) is 110 cm³/mol. The molecule has 11 heteroatoms. The lowest BCUT2D eigenvalue weighted by Crippen LogP contribution is -2.32. The van der Waals surface area contributed by atoms with Crippen LogP contribution in [0.5, 0.6) is 5.75 Å². The molecular weight excluding hydrogens is 426 g/mol. The third-order valence-corrected chi connectivity index (χ3v) is 6.79. The number of carbonyl (C=O) groups excluding carboxylic acids is 2. The highest BCUT2D eigenvalue weighted by Gasteiger charge is 2.31. The number of aromatic nitrogens is 1. The Morgan fingerprint density at radius 3 is 2.55 bits per heavy atom. The lowest BCUT2D eigenvalue weighted by Gasteiger charge is -2.19. The molecule has 1 amide bonds. The van der Waals surface area contributed by atoms with E-state index in [0.29, 0.717) is 18.8 Å². The molecule has 0 spiro atoms. The Balaban J connectivity index is 1.79. The second-order valence-electron chi connectivity index (χ2n) is 7.09. The molecule has 1 aromatic carbocycles. The van der Waals surface area contributed by atoms with Crippen molar-refractivity contribution in [3.05, 3.63) is 35.6 Å². The SMILES string of the molecule is CCC(OC(=O)c1ccc(OC)c(S(=O)(=O)N2CCCC2)c1)C(=O)Nc1cc(C)on1. The van der Waals surface area contributed by atoms with Crippen molar-refractivity contribution in [3.63, 3.8) is 0 Å². The van der Waals surface area contributed by atoms with Gasteiger partial charge in [-0.25, -0.2) is 13.2 Å². The molecule has 1 aliphatic rings. The minimum atomic E-state index is -3.82. The molecule has 1 aliphatic heterocycles. The molecule has 1 aromatic heterocycles. The quantitative estimate of drug-likeness (QED) is 0.606. The van der Waals surface area contributed by atoms with Crippen LogP contribution in [0, 0.1) is 6.92 Å². The first-order valence-electron chi connectivity index (χ1n) is 9.89. The summed E-state index contributed by atoms with van der Waals surface area (Å²) in [5.74, 6) is -0.526. The monoisotopic (exact) mass is 451 g/mol. The van der Waals surface area contributed by atoms with Crippen molar-refractivity contribution in [1.82, 2.24) is 9.46 Å². The van der Waals surface area contributed by atoms with E-state index in [1.807, 2.05) is 0 Å². The van der Waals surface area contributed by atoms with Crippen LogP contribution in [0.3, 0.4) is 0 Å². The molecule has 1 atom stereocenters. The number of carbonyl (C=O) groups is 2. The Hall–Kier alpha value is -2.92. The number of aryl methyl sites for hydroxylation is 1. The van der Waals surface area contributed by atoms with Crippen molar-refractivity contribution in [1.29, 1.82) is 0 Å². The highest BCUT2D eigenvalue weighted by atomic mass is 32.2. The highest BCUT2D eigenvalue weighted by molar-refractivity contribution is 7.89. The van der Waals surface area contributed by atoms with Gasteiger partial charge in [0.05, 0.1) is 12.7 Å². The molecular formula is C20H25N3O7S. The second kappa shape index (κ2) is 9.48. The maximum Gasteiger partial charge on any atom is 0.338 e. The fourth-order valence-electron chi connectivity index (χ4n) is 3.22. The molecule has 0 bridgehead atoms. The predicted octanol–water partition coefficient (Wildman–Crippen LogP) is 2.35. The molecule has 0 radical (unpaired) electrons. The van der Waals surface area contributed by atoms with Gasteiger partial charge in [-0.1, -0.05) is 12.1 Å². The van der Waals surface area contributed by atoms with E-state index in [4.69, 9.17) is 14.0 Å². The summed E-state index contributed by atoms with van der Waals surface area (Å²) in [6.45, 7) is 4.19. The smallest absolute Gasteiger partial charge is 0.338 e. The molecule has 0 aliphatic carbocycles. The van der Waals surface area contributed by atoms with Gasteiger partial charge in [-0.3, -0.25) is 4.79 Å². The number of amides is 1. The number of ether oxygens (including phenoxy) is 2. The van der Waals surface area contributed by atoms with Crippen molar-refractivity contribution < 1.29 is 32.0 Å². The van der Waals surface area contributed by atoms with Crippen LogP contribution >= 0.6 is 0 Å². The van der Waals surface area contributed by atoms with Gasteiger partial charge in [0.2, 0.25) is 10.0 Å². The molecule has 168 valence electrons. The number of rotatable bonds is 8. The Labute approximate surface area is 180 Å². The number of sulfonamides is 1. The van der Waals surface area contributed by atoms with Crippen LogP contribution in [0.1, 0.15) is 42.3 Å². The summed E-state index contributed by atoms with van der Waals surface area (Å²) in [5, 5.41) is 6.19.